The summed E-state index contributed by atoms with van der Waals surface area (Å²) in [5.41, 5.74) is 2.89. The number of imide groups is 1. The molecule has 0 radical (unpaired) electrons. The topological polar surface area (TPSA) is 66.5 Å². The Hall–Kier alpha value is -3.21. The van der Waals surface area contributed by atoms with Gasteiger partial charge in [-0.05, 0) is 60.6 Å². The molecule has 5 nitrogen and oxygen atoms in total. The molecule has 3 amide bonds. The average molecular weight is 386 g/mol. The molecule has 29 heavy (non-hydrogen) atoms. The third-order valence-corrected chi connectivity index (χ3v) is 6.50. The highest BCUT2D eigenvalue weighted by Gasteiger charge is 2.59. The van der Waals surface area contributed by atoms with E-state index in [1.165, 1.54) is 4.90 Å². The number of hydrogen-bond acceptors (Lipinski definition) is 3. The number of carbonyl (C=O) groups is 3. The van der Waals surface area contributed by atoms with E-state index in [-0.39, 0.29) is 41.4 Å². The molecule has 1 saturated carbocycles. The third kappa shape index (κ3) is 2.72. The van der Waals surface area contributed by atoms with Crippen LogP contribution in [0.3, 0.4) is 0 Å². The second-order valence-corrected chi connectivity index (χ2v) is 8.02. The number of nitrogens with zero attached hydrogens (tertiary/aromatic N) is 1. The standard InChI is InChI=1S/C24H22N2O3/c1-2-14-5-3-4-6-19(14)25-22(27)15-9-11-18(12-10-15)26-23(28)20-16-7-8-17(13-16)21(20)24(26)29/h3-12,16-17,20-21H,2,13H2,1H3,(H,25,27)/t16-,17-,20-,21+/m0/s1. The van der Waals surface area contributed by atoms with Crippen LogP contribution in [0.2, 0.25) is 0 Å². The summed E-state index contributed by atoms with van der Waals surface area (Å²) in [4.78, 5) is 39.8. The van der Waals surface area contributed by atoms with Gasteiger partial charge in [-0.15, -0.1) is 0 Å². The Balaban J connectivity index is 1.35. The van der Waals surface area contributed by atoms with Gasteiger partial charge in [-0.1, -0.05) is 37.3 Å². The van der Waals surface area contributed by atoms with Crippen LogP contribution in [-0.2, 0) is 16.0 Å². The molecule has 2 fully saturated rings. The van der Waals surface area contributed by atoms with Crippen molar-refractivity contribution in [2.75, 3.05) is 10.2 Å². The average Bonchev–Trinajstić information content (AvgIpc) is 3.42. The van der Waals surface area contributed by atoms with E-state index in [0.717, 1.165) is 24.1 Å². The number of nitrogens with one attached hydrogen (secondary N) is 1. The molecule has 0 aromatic heterocycles. The molecule has 1 saturated heterocycles. The first-order chi connectivity index (χ1) is 14.1. The lowest BCUT2D eigenvalue weighted by atomic mass is 9.85. The van der Waals surface area contributed by atoms with E-state index in [1.807, 2.05) is 31.2 Å². The SMILES string of the molecule is CCc1ccccc1NC(=O)c1ccc(N2C(=O)[C@@H]3[C@H](C2=O)[C@H]2C=C[C@H]3C2)cc1. The van der Waals surface area contributed by atoms with E-state index in [0.29, 0.717) is 11.3 Å². The number of allylic oxidation sites excluding steroid dienone is 2. The number of fused-ring (bicyclic) bond motifs is 5. The van der Waals surface area contributed by atoms with Gasteiger partial charge in [-0.25, -0.2) is 0 Å². The van der Waals surface area contributed by atoms with Gasteiger partial charge in [-0.2, -0.15) is 0 Å². The summed E-state index contributed by atoms with van der Waals surface area (Å²) >= 11 is 0. The number of carbonyl (C=O) groups excluding carboxylic acids is 3. The van der Waals surface area contributed by atoms with Crippen LogP contribution in [0.4, 0.5) is 11.4 Å². The van der Waals surface area contributed by atoms with Crippen molar-refractivity contribution in [2.24, 2.45) is 23.7 Å². The molecule has 1 heterocycles. The van der Waals surface area contributed by atoms with Crippen molar-refractivity contribution < 1.29 is 14.4 Å². The highest BCUT2D eigenvalue weighted by atomic mass is 16.2. The maximum atomic E-state index is 12.9. The van der Waals surface area contributed by atoms with Gasteiger partial charge >= 0.3 is 0 Å². The monoisotopic (exact) mass is 386 g/mol. The Labute approximate surface area is 169 Å². The Bertz CT molecular complexity index is 1010. The normalized spacial score (nSPS) is 26.9. The van der Waals surface area contributed by atoms with Crippen LogP contribution in [0.5, 0.6) is 0 Å². The van der Waals surface area contributed by atoms with Crippen LogP contribution >= 0.6 is 0 Å². The summed E-state index contributed by atoms with van der Waals surface area (Å²) in [6, 6.07) is 14.4. The van der Waals surface area contributed by atoms with Crippen molar-refractivity contribution in [1.82, 2.24) is 0 Å². The van der Waals surface area contributed by atoms with Crippen molar-refractivity contribution in [1.29, 1.82) is 0 Å². The van der Waals surface area contributed by atoms with E-state index in [2.05, 4.69) is 17.5 Å². The third-order valence-electron chi connectivity index (χ3n) is 6.50. The lowest BCUT2D eigenvalue weighted by molar-refractivity contribution is -0.123. The van der Waals surface area contributed by atoms with Gasteiger partial charge in [-0.3, -0.25) is 19.3 Å². The molecule has 2 aromatic carbocycles. The van der Waals surface area contributed by atoms with Crippen LogP contribution in [-0.4, -0.2) is 17.7 Å². The predicted molar refractivity (Wildman–Crippen MR) is 110 cm³/mol. The summed E-state index contributed by atoms with van der Waals surface area (Å²) in [5.74, 6) is -0.477. The molecule has 2 aliphatic carbocycles. The second-order valence-electron chi connectivity index (χ2n) is 8.02. The minimum Gasteiger partial charge on any atom is -0.322 e. The van der Waals surface area contributed by atoms with E-state index in [9.17, 15) is 14.4 Å². The number of hydrogen-bond donors (Lipinski definition) is 1. The highest BCUT2D eigenvalue weighted by molar-refractivity contribution is 6.23. The Morgan fingerprint density at radius 2 is 1.59 bits per heavy atom. The van der Waals surface area contributed by atoms with Gasteiger partial charge < -0.3 is 5.32 Å². The van der Waals surface area contributed by atoms with Crippen LogP contribution < -0.4 is 10.2 Å². The molecule has 1 N–H and O–H groups in total. The molecule has 5 heteroatoms. The predicted octanol–water partition coefficient (Wildman–Crippen LogP) is 3.81. The maximum absolute atomic E-state index is 12.9. The fraction of sp³-hybridized carbons (Fsp3) is 0.292. The molecular formula is C24H22N2O3. The summed E-state index contributed by atoms with van der Waals surface area (Å²) in [7, 11) is 0. The first-order valence-electron chi connectivity index (χ1n) is 10.1. The number of benzene rings is 2. The van der Waals surface area contributed by atoms with Crippen LogP contribution in [0.25, 0.3) is 0 Å². The van der Waals surface area contributed by atoms with Crippen molar-refractivity contribution in [3.8, 4) is 0 Å². The molecule has 146 valence electrons. The first-order valence-corrected chi connectivity index (χ1v) is 10.1. The summed E-state index contributed by atoms with van der Waals surface area (Å²) in [5, 5.41) is 2.94. The van der Waals surface area contributed by atoms with Crippen LogP contribution in [0.15, 0.2) is 60.7 Å². The lowest BCUT2D eigenvalue weighted by Gasteiger charge is -2.17. The zero-order chi connectivity index (χ0) is 20.1. The first kappa shape index (κ1) is 17.9. The second kappa shape index (κ2) is 6.69. The van der Waals surface area contributed by atoms with Crippen molar-refractivity contribution in [2.45, 2.75) is 19.8 Å². The Kier molecular flexibility index (Phi) is 4.12. The van der Waals surface area contributed by atoms with Gasteiger partial charge in [0.05, 0.1) is 17.5 Å². The summed E-state index contributed by atoms with van der Waals surface area (Å²) < 4.78 is 0. The van der Waals surface area contributed by atoms with Gasteiger partial charge in [0.2, 0.25) is 11.8 Å². The molecule has 0 spiro atoms. The smallest absolute Gasteiger partial charge is 0.255 e. The van der Waals surface area contributed by atoms with Gasteiger partial charge in [0.25, 0.3) is 5.91 Å². The fourth-order valence-corrected chi connectivity index (χ4v) is 5.06. The molecular weight excluding hydrogens is 364 g/mol. The van der Waals surface area contributed by atoms with Crippen molar-refractivity contribution >= 4 is 29.1 Å². The number of aryl methyl sites for hydroxylation is 1. The quantitative estimate of drug-likeness (QED) is 0.642. The lowest BCUT2D eigenvalue weighted by Crippen LogP contribution is -2.32. The van der Waals surface area contributed by atoms with Crippen molar-refractivity contribution in [3.05, 3.63) is 71.8 Å². The maximum Gasteiger partial charge on any atom is 0.255 e. The molecule has 1 aliphatic heterocycles. The van der Waals surface area contributed by atoms with E-state index in [4.69, 9.17) is 0 Å². The minimum atomic E-state index is -0.217. The van der Waals surface area contributed by atoms with Crippen LogP contribution in [0.1, 0.15) is 29.3 Å². The molecule has 2 bridgehead atoms. The highest BCUT2D eigenvalue weighted by Crippen LogP contribution is 2.53. The number of amides is 3. The summed E-state index contributed by atoms with van der Waals surface area (Å²) in [6.45, 7) is 2.04. The summed E-state index contributed by atoms with van der Waals surface area (Å²) in [6.07, 6.45) is 5.91. The molecule has 2 aromatic rings. The number of rotatable bonds is 4. The van der Waals surface area contributed by atoms with Gasteiger partial charge in [0, 0.05) is 11.3 Å². The zero-order valence-electron chi connectivity index (χ0n) is 16.2. The van der Waals surface area contributed by atoms with E-state index in [1.54, 1.807) is 24.3 Å². The van der Waals surface area contributed by atoms with Crippen LogP contribution in [0, 0.1) is 23.7 Å². The largest absolute Gasteiger partial charge is 0.322 e. The van der Waals surface area contributed by atoms with Gasteiger partial charge in [0.1, 0.15) is 0 Å². The van der Waals surface area contributed by atoms with E-state index < -0.39 is 0 Å². The Morgan fingerprint density at radius 3 is 2.21 bits per heavy atom. The molecule has 3 aliphatic rings. The number of anilines is 2. The molecule has 4 atom stereocenters. The number of para-hydroxylation sites is 1. The Morgan fingerprint density at radius 1 is 0.966 bits per heavy atom. The van der Waals surface area contributed by atoms with E-state index >= 15 is 0 Å². The molecule has 5 rings (SSSR count). The van der Waals surface area contributed by atoms with Crippen molar-refractivity contribution in [3.63, 3.8) is 0 Å². The fourth-order valence-electron chi connectivity index (χ4n) is 5.06. The minimum absolute atomic E-state index is 0.106. The molecule has 0 unspecified atom stereocenters. The van der Waals surface area contributed by atoms with Gasteiger partial charge in [0.15, 0.2) is 0 Å². The zero-order valence-corrected chi connectivity index (χ0v) is 16.2.